The first-order chi connectivity index (χ1) is 16.5. The van der Waals surface area contributed by atoms with Crippen molar-refractivity contribution < 1.29 is 63.6 Å². The maximum absolute atomic E-state index is 13.3. The Kier molecular flexibility index (Phi) is 9.41. The number of aliphatic carboxylic acids is 1. The number of carboxylic acid groups (broad SMARTS) is 1. The van der Waals surface area contributed by atoms with Gasteiger partial charge in [-0.15, -0.1) is 11.8 Å². The molecule has 2 atom stereocenters. The van der Waals surface area contributed by atoms with Gasteiger partial charge in [-0.25, -0.2) is 4.99 Å². The van der Waals surface area contributed by atoms with E-state index in [4.69, 9.17) is 9.47 Å². The molecule has 0 aliphatic carbocycles. The Morgan fingerprint density at radius 3 is 2.19 bits per heavy atom. The van der Waals surface area contributed by atoms with Crippen LogP contribution in [0.1, 0.15) is 65.2 Å². The fraction of sp³-hybridized carbons (Fsp3) is 0.538. The Labute approximate surface area is 244 Å². The molecule has 1 amide bonds. The fourth-order valence-corrected chi connectivity index (χ4v) is 5.68. The molecular weight excluding hydrogens is 507 g/mol. The molecule has 2 aliphatic heterocycles. The number of esters is 1. The predicted octanol–water partition coefficient (Wildman–Crippen LogP) is -0.765. The number of carbonyl (C=O) groups excluding carboxylic acids is 3. The minimum absolute atomic E-state index is 0. The van der Waals surface area contributed by atoms with Crippen molar-refractivity contribution in [2.75, 3.05) is 19.5 Å². The number of phenols is 1. The van der Waals surface area contributed by atoms with E-state index in [0.29, 0.717) is 5.56 Å². The average molecular weight is 541 g/mol. The molecule has 0 bridgehead atoms. The number of amides is 1. The Bertz CT molecular complexity index is 1130. The van der Waals surface area contributed by atoms with Crippen LogP contribution < -0.4 is 34.7 Å². The number of benzene rings is 1. The standard InChI is InChI=1S/C26H34N2O7S.Na/c1-14(29)35-12-16-13-36-23-26(34-8,22(33)28(23)19(16)21(31)32)27-11-15-9-17(24(2,3)4)20(30)18(10-15)25(5,6)7;/h9-11,23,30H,12-13H2,1-8H3,(H,31,32);/q;+1/p-1/t23-,26-;/m0./s1. The molecule has 0 saturated carbocycles. The molecule has 0 aromatic heterocycles. The molecule has 0 radical (unpaired) electrons. The Hall–Kier alpha value is -1.85. The Morgan fingerprint density at radius 2 is 1.76 bits per heavy atom. The molecule has 3 rings (SSSR count). The van der Waals surface area contributed by atoms with Crippen LogP contribution in [0.5, 0.6) is 5.75 Å². The molecule has 0 unspecified atom stereocenters. The van der Waals surface area contributed by atoms with Gasteiger partial charge in [-0.2, -0.15) is 0 Å². The van der Waals surface area contributed by atoms with Crippen molar-refractivity contribution in [3.8, 4) is 5.75 Å². The smallest absolute Gasteiger partial charge is 0.543 e. The molecule has 37 heavy (non-hydrogen) atoms. The summed E-state index contributed by atoms with van der Waals surface area (Å²) >= 11 is 1.27. The summed E-state index contributed by atoms with van der Waals surface area (Å²) in [5.74, 6) is -2.31. The van der Waals surface area contributed by atoms with Crippen molar-refractivity contribution in [3.05, 3.63) is 40.1 Å². The number of ether oxygens (including phenoxy) is 2. The van der Waals surface area contributed by atoms with Crippen molar-refractivity contribution in [3.63, 3.8) is 0 Å². The van der Waals surface area contributed by atoms with Crippen LogP contribution in [0.25, 0.3) is 0 Å². The molecule has 1 fully saturated rings. The number of aliphatic imine (C=N–C) groups is 1. The van der Waals surface area contributed by atoms with Gasteiger partial charge in [0.1, 0.15) is 17.7 Å². The third-order valence-electron chi connectivity index (χ3n) is 6.19. The second-order valence-electron chi connectivity index (χ2n) is 11.0. The third kappa shape index (κ3) is 5.93. The van der Waals surface area contributed by atoms with Crippen LogP contribution >= 0.6 is 11.8 Å². The molecule has 11 heteroatoms. The summed E-state index contributed by atoms with van der Waals surface area (Å²) in [6, 6.07) is 3.66. The number of rotatable bonds is 6. The van der Waals surface area contributed by atoms with Crippen molar-refractivity contribution >= 4 is 35.8 Å². The first kappa shape index (κ1) is 31.4. The van der Waals surface area contributed by atoms with E-state index in [1.165, 1.54) is 32.0 Å². The summed E-state index contributed by atoms with van der Waals surface area (Å²) in [6.45, 7) is 13.0. The van der Waals surface area contributed by atoms with Gasteiger partial charge in [0.2, 0.25) is 0 Å². The minimum atomic E-state index is -1.62. The van der Waals surface area contributed by atoms with Crippen LogP contribution in [0, 0.1) is 0 Å². The van der Waals surface area contributed by atoms with Gasteiger partial charge in [0, 0.05) is 42.7 Å². The Balaban J connectivity index is 0.00000481. The van der Waals surface area contributed by atoms with E-state index in [2.05, 4.69) is 4.99 Å². The summed E-state index contributed by atoms with van der Waals surface area (Å²) in [5.41, 5.74) is -0.192. The van der Waals surface area contributed by atoms with E-state index in [-0.39, 0.29) is 69.8 Å². The molecule has 1 aromatic carbocycles. The number of β-lactam (4-membered cyclic amide) rings is 1. The number of hydrogen-bond acceptors (Lipinski definition) is 9. The number of phenolic OH excluding ortho intramolecular Hbond substituents is 1. The van der Waals surface area contributed by atoms with E-state index in [0.717, 1.165) is 16.0 Å². The van der Waals surface area contributed by atoms with E-state index >= 15 is 0 Å². The average Bonchev–Trinajstić information content (AvgIpc) is 2.76. The summed E-state index contributed by atoms with van der Waals surface area (Å²) in [4.78, 5) is 42.0. The van der Waals surface area contributed by atoms with E-state index in [1.54, 1.807) is 0 Å². The molecular formula is C26H33N2NaO7S. The van der Waals surface area contributed by atoms with E-state index in [1.807, 2.05) is 53.7 Å². The van der Waals surface area contributed by atoms with Crippen LogP contribution in [-0.2, 0) is 34.7 Å². The quantitative estimate of drug-likeness (QED) is 0.216. The maximum Gasteiger partial charge on any atom is 1.00 e. The van der Waals surface area contributed by atoms with Crippen molar-refractivity contribution in [1.82, 2.24) is 4.90 Å². The first-order valence-electron chi connectivity index (χ1n) is 11.5. The molecule has 2 heterocycles. The SMILES string of the molecule is CO[C@@]1(N=Cc2cc(C(C)(C)C)c(O)c(C(C)(C)C)c2)C(=O)N2C(C(=O)[O-])=C(COC(C)=O)CS[C@H]21.[Na+]. The summed E-state index contributed by atoms with van der Waals surface area (Å²) in [6.07, 6.45) is 1.53. The predicted molar refractivity (Wildman–Crippen MR) is 135 cm³/mol. The molecule has 1 N–H and O–H groups in total. The second-order valence-corrected chi connectivity index (χ2v) is 12.1. The van der Waals surface area contributed by atoms with Gasteiger partial charge in [-0.05, 0) is 28.5 Å². The zero-order valence-corrected chi connectivity index (χ0v) is 25.7. The maximum atomic E-state index is 13.3. The zero-order valence-electron chi connectivity index (χ0n) is 22.9. The van der Waals surface area contributed by atoms with E-state index < -0.39 is 28.9 Å². The first-order valence-corrected chi connectivity index (χ1v) is 12.6. The monoisotopic (exact) mass is 540 g/mol. The van der Waals surface area contributed by atoms with Crippen molar-refractivity contribution in [2.24, 2.45) is 4.99 Å². The number of nitrogens with zero attached hydrogens (tertiary/aromatic N) is 2. The fourth-order valence-electron chi connectivity index (χ4n) is 4.26. The van der Waals surface area contributed by atoms with Crippen LogP contribution in [0.15, 0.2) is 28.4 Å². The van der Waals surface area contributed by atoms with Gasteiger partial charge < -0.3 is 24.5 Å². The minimum Gasteiger partial charge on any atom is -0.543 e. The number of carbonyl (C=O) groups is 3. The zero-order chi connectivity index (χ0) is 27.2. The van der Waals surface area contributed by atoms with Crippen molar-refractivity contribution in [1.29, 1.82) is 0 Å². The normalized spacial score (nSPS) is 21.9. The van der Waals surface area contributed by atoms with Gasteiger partial charge >= 0.3 is 35.5 Å². The van der Waals surface area contributed by atoms with Gasteiger partial charge in [-0.1, -0.05) is 41.5 Å². The van der Waals surface area contributed by atoms with Crippen LogP contribution in [-0.4, -0.2) is 64.6 Å². The number of aromatic hydroxyl groups is 1. The molecule has 196 valence electrons. The van der Waals surface area contributed by atoms with Crippen LogP contribution in [0.4, 0.5) is 0 Å². The number of fused-ring (bicyclic) bond motifs is 1. The topological polar surface area (TPSA) is 129 Å². The number of methoxy groups -OCH3 is 1. The molecule has 0 spiro atoms. The third-order valence-corrected chi connectivity index (χ3v) is 7.55. The molecule has 1 aromatic rings. The van der Waals surface area contributed by atoms with Gasteiger partial charge in [-0.3, -0.25) is 14.5 Å². The molecule has 2 aliphatic rings. The number of thioether (sulfide) groups is 1. The summed E-state index contributed by atoms with van der Waals surface area (Å²) in [7, 11) is 1.35. The summed E-state index contributed by atoms with van der Waals surface area (Å²) < 4.78 is 10.5. The largest absolute Gasteiger partial charge is 1.00 e. The number of hydrogen-bond donors (Lipinski definition) is 1. The van der Waals surface area contributed by atoms with Crippen molar-refractivity contribution in [2.45, 2.75) is 70.4 Å². The van der Waals surface area contributed by atoms with Crippen LogP contribution in [0.3, 0.4) is 0 Å². The van der Waals surface area contributed by atoms with Gasteiger partial charge in [0.05, 0.1) is 11.7 Å². The van der Waals surface area contributed by atoms with Gasteiger partial charge in [0.15, 0.2) is 0 Å². The second kappa shape index (κ2) is 11.1. The number of carboxylic acids is 1. The van der Waals surface area contributed by atoms with Gasteiger partial charge in [0.25, 0.3) is 11.6 Å². The molecule has 9 nitrogen and oxygen atoms in total. The Morgan fingerprint density at radius 1 is 1.22 bits per heavy atom. The summed E-state index contributed by atoms with van der Waals surface area (Å²) in [5, 5.41) is 22.1. The van der Waals surface area contributed by atoms with Crippen LogP contribution in [0.2, 0.25) is 0 Å². The molecule has 1 saturated heterocycles. The van der Waals surface area contributed by atoms with E-state index in [9.17, 15) is 24.6 Å².